The molecule has 0 radical (unpaired) electrons. The quantitative estimate of drug-likeness (QED) is 0.530. The summed E-state index contributed by atoms with van der Waals surface area (Å²) < 4.78 is 0. The molecule has 2 atom stereocenters. The molecule has 1 aliphatic heterocycles. The van der Waals surface area contributed by atoms with Crippen LogP contribution in [0.2, 0.25) is 0 Å². The summed E-state index contributed by atoms with van der Waals surface area (Å²) in [5.41, 5.74) is 8.53. The summed E-state index contributed by atoms with van der Waals surface area (Å²) in [5, 5.41) is 4.48. The zero-order valence-electron chi connectivity index (χ0n) is 16.6. The van der Waals surface area contributed by atoms with Crippen molar-refractivity contribution in [3.05, 3.63) is 85.3 Å². The van der Waals surface area contributed by atoms with Gasteiger partial charge in [-0.15, -0.1) is 0 Å². The van der Waals surface area contributed by atoms with Crippen molar-refractivity contribution in [2.24, 2.45) is 5.92 Å². The van der Waals surface area contributed by atoms with Gasteiger partial charge in [-0.05, 0) is 59.5 Å². The van der Waals surface area contributed by atoms with E-state index in [1.54, 1.807) is 37.3 Å². The molecule has 2 aliphatic carbocycles. The van der Waals surface area contributed by atoms with Crippen LogP contribution in [0.1, 0.15) is 50.8 Å². The summed E-state index contributed by atoms with van der Waals surface area (Å²) in [4.78, 5) is 3.20. The van der Waals surface area contributed by atoms with E-state index in [0.29, 0.717) is 11.5 Å². The Morgan fingerprint density at radius 2 is 1.78 bits per heavy atom. The van der Waals surface area contributed by atoms with E-state index in [0.717, 1.165) is 0 Å². The molecule has 0 nitrogen and oxygen atoms in total. The molecule has 0 fully saturated rings. The Hall–Kier alpha value is -1.77. The topological polar surface area (TPSA) is 0 Å². The smallest absolute Gasteiger partial charge is 0.0675 e. The fourth-order valence-corrected chi connectivity index (χ4v) is 9.04. The van der Waals surface area contributed by atoms with Crippen LogP contribution in [0.4, 0.5) is 0 Å². The van der Waals surface area contributed by atoms with Crippen LogP contribution in [0.3, 0.4) is 0 Å². The third kappa shape index (κ3) is 2.57. The molecule has 0 aromatic heterocycles. The van der Waals surface area contributed by atoms with E-state index < -0.39 is 9.52 Å². The first-order valence-corrected chi connectivity index (χ1v) is 12.4. The summed E-state index contributed by atoms with van der Waals surface area (Å²) in [6.07, 6.45) is 6.20. The minimum Gasteiger partial charge on any atom is -0.0981 e. The average Bonchev–Trinajstić information content (AvgIpc) is 3.28. The monoisotopic (exact) mass is 386 g/mol. The van der Waals surface area contributed by atoms with Crippen molar-refractivity contribution in [3.63, 3.8) is 0 Å². The standard InChI is InChI=1S/C25H26SSi/c1-5-21-15(3)24-16(4)23(13-22(24)26-21)27-25-14(2)12-20-18-9-7-6-8-17(18)10-11-19(20)25/h6-13,24-25H,5,27H2,1-4H3. The highest BCUT2D eigenvalue weighted by Crippen LogP contribution is 2.54. The van der Waals surface area contributed by atoms with Gasteiger partial charge in [-0.2, -0.15) is 0 Å². The van der Waals surface area contributed by atoms with Crippen molar-refractivity contribution >= 4 is 38.1 Å². The van der Waals surface area contributed by atoms with E-state index in [4.69, 9.17) is 0 Å². The molecule has 0 spiro atoms. The Bertz CT molecular complexity index is 1100. The van der Waals surface area contributed by atoms with E-state index in [1.165, 1.54) is 22.8 Å². The van der Waals surface area contributed by atoms with Crippen molar-refractivity contribution < 1.29 is 0 Å². The second-order valence-electron chi connectivity index (χ2n) is 8.18. The maximum Gasteiger partial charge on any atom is 0.0675 e. The predicted octanol–water partition coefficient (Wildman–Crippen LogP) is 6.69. The minimum absolute atomic E-state index is 0.392. The summed E-state index contributed by atoms with van der Waals surface area (Å²) >= 11 is 2.05. The highest BCUT2D eigenvalue weighted by Gasteiger charge is 2.35. The van der Waals surface area contributed by atoms with E-state index in [2.05, 4.69) is 76.2 Å². The van der Waals surface area contributed by atoms with Crippen LogP contribution in [0.5, 0.6) is 0 Å². The van der Waals surface area contributed by atoms with Gasteiger partial charge in [0.25, 0.3) is 0 Å². The first-order valence-electron chi connectivity index (χ1n) is 10.1. The van der Waals surface area contributed by atoms with Gasteiger partial charge >= 0.3 is 0 Å². The SMILES string of the molecule is CCC1=C(C)C2C(=CC([SiH2]C3C(C)=Cc4c3ccc3ccccc43)=C2C)S1. The summed E-state index contributed by atoms with van der Waals surface area (Å²) in [6, 6.07) is 13.5. The number of thioether (sulfide) groups is 1. The maximum atomic E-state index is 2.56. The molecule has 2 heteroatoms. The Morgan fingerprint density at radius 3 is 2.56 bits per heavy atom. The Morgan fingerprint density at radius 1 is 0.963 bits per heavy atom. The van der Waals surface area contributed by atoms with Crippen molar-refractivity contribution in [2.75, 3.05) is 0 Å². The Balaban J connectivity index is 1.52. The van der Waals surface area contributed by atoms with E-state index in [1.807, 2.05) is 11.8 Å². The zero-order chi connectivity index (χ0) is 18.7. The molecule has 0 N–H and O–H groups in total. The number of allylic oxidation sites excluding steroid dienone is 7. The Labute approximate surface area is 169 Å². The average molecular weight is 387 g/mol. The predicted molar refractivity (Wildman–Crippen MR) is 124 cm³/mol. The molecule has 0 saturated carbocycles. The lowest BCUT2D eigenvalue weighted by molar-refractivity contribution is 0.893. The van der Waals surface area contributed by atoms with E-state index in [9.17, 15) is 0 Å². The van der Waals surface area contributed by atoms with Crippen molar-refractivity contribution in [2.45, 2.75) is 39.7 Å². The number of hydrogen-bond donors (Lipinski definition) is 0. The van der Waals surface area contributed by atoms with Gasteiger partial charge in [-0.25, -0.2) is 0 Å². The van der Waals surface area contributed by atoms with Gasteiger partial charge in [0.2, 0.25) is 0 Å². The highest BCUT2D eigenvalue weighted by atomic mass is 32.2. The van der Waals surface area contributed by atoms with Gasteiger partial charge in [0, 0.05) is 10.8 Å². The molecule has 2 aromatic carbocycles. The molecular weight excluding hydrogens is 360 g/mol. The third-order valence-electron chi connectivity index (χ3n) is 6.70. The highest BCUT2D eigenvalue weighted by molar-refractivity contribution is 8.07. The van der Waals surface area contributed by atoms with E-state index >= 15 is 0 Å². The molecule has 0 amide bonds. The molecule has 1 heterocycles. The fraction of sp³-hybridized carbons (Fsp3) is 0.280. The zero-order valence-corrected chi connectivity index (χ0v) is 18.8. The molecule has 2 unspecified atom stereocenters. The number of rotatable bonds is 3. The molecule has 0 saturated heterocycles. The van der Waals surface area contributed by atoms with Gasteiger partial charge in [-0.1, -0.05) is 89.2 Å². The maximum absolute atomic E-state index is 2.56. The summed E-state index contributed by atoms with van der Waals surface area (Å²) in [5.74, 6) is 0.606. The van der Waals surface area contributed by atoms with Crippen LogP contribution in [-0.2, 0) is 0 Å². The van der Waals surface area contributed by atoms with Crippen molar-refractivity contribution in [1.29, 1.82) is 0 Å². The normalized spacial score (nSPS) is 24.3. The van der Waals surface area contributed by atoms with E-state index in [-0.39, 0.29) is 0 Å². The Kier molecular flexibility index (Phi) is 4.10. The minimum atomic E-state index is -0.392. The number of benzene rings is 2. The molecule has 3 aliphatic rings. The third-order valence-corrected chi connectivity index (χ3v) is 10.8. The summed E-state index contributed by atoms with van der Waals surface area (Å²) in [6.45, 7) is 9.39. The lowest BCUT2D eigenvalue weighted by atomic mass is 9.95. The van der Waals surface area contributed by atoms with Crippen LogP contribution in [0.15, 0.2) is 74.2 Å². The second-order valence-corrected chi connectivity index (χ2v) is 11.3. The van der Waals surface area contributed by atoms with Crippen molar-refractivity contribution in [1.82, 2.24) is 0 Å². The molecule has 2 aromatic rings. The van der Waals surface area contributed by atoms with Gasteiger partial charge < -0.3 is 0 Å². The van der Waals surface area contributed by atoms with Crippen molar-refractivity contribution in [3.8, 4) is 0 Å². The van der Waals surface area contributed by atoms with Crippen LogP contribution < -0.4 is 0 Å². The molecule has 5 rings (SSSR count). The molecule has 0 bridgehead atoms. The van der Waals surface area contributed by atoms with Crippen LogP contribution in [-0.4, -0.2) is 9.52 Å². The molecular formula is C25H26SSi. The molecule has 27 heavy (non-hydrogen) atoms. The fourth-order valence-electron chi connectivity index (χ4n) is 5.19. The summed E-state index contributed by atoms with van der Waals surface area (Å²) in [7, 11) is -0.392. The second kappa shape index (κ2) is 6.39. The van der Waals surface area contributed by atoms with Crippen LogP contribution in [0.25, 0.3) is 16.8 Å². The lowest BCUT2D eigenvalue weighted by Gasteiger charge is -2.17. The van der Waals surface area contributed by atoms with Gasteiger partial charge in [0.15, 0.2) is 0 Å². The van der Waals surface area contributed by atoms with Crippen LogP contribution in [0, 0.1) is 5.92 Å². The van der Waals surface area contributed by atoms with Gasteiger partial charge in [-0.3, -0.25) is 0 Å². The van der Waals surface area contributed by atoms with Crippen LogP contribution >= 0.6 is 11.8 Å². The first-order chi connectivity index (χ1) is 13.1. The van der Waals surface area contributed by atoms with Gasteiger partial charge in [0.05, 0.1) is 9.52 Å². The first kappa shape index (κ1) is 17.3. The lowest BCUT2D eigenvalue weighted by Crippen LogP contribution is -2.11. The van der Waals surface area contributed by atoms with Gasteiger partial charge in [0.1, 0.15) is 0 Å². The number of hydrogen-bond acceptors (Lipinski definition) is 1. The number of fused-ring (bicyclic) bond motifs is 4. The molecule has 136 valence electrons. The largest absolute Gasteiger partial charge is 0.0981 e.